The van der Waals surface area contributed by atoms with Gasteiger partial charge in [0.1, 0.15) is 17.5 Å². The molecule has 7 nitrogen and oxygen atoms in total. The summed E-state index contributed by atoms with van der Waals surface area (Å²) >= 11 is 5.40. The van der Waals surface area contributed by atoms with Crippen molar-refractivity contribution < 1.29 is 9.90 Å². The molecule has 0 bridgehead atoms. The van der Waals surface area contributed by atoms with Crippen molar-refractivity contribution in [1.29, 1.82) is 0 Å². The van der Waals surface area contributed by atoms with Crippen LogP contribution in [-0.2, 0) is 18.3 Å². The summed E-state index contributed by atoms with van der Waals surface area (Å²) in [6.45, 7) is 1.79. The van der Waals surface area contributed by atoms with E-state index in [0.717, 1.165) is 5.56 Å². The summed E-state index contributed by atoms with van der Waals surface area (Å²) in [5, 5.41) is 12.7. The van der Waals surface area contributed by atoms with Gasteiger partial charge < -0.3 is 10.4 Å². The second-order valence-electron chi connectivity index (χ2n) is 6.96. The molecule has 2 aromatic carbocycles. The van der Waals surface area contributed by atoms with Gasteiger partial charge in [0.25, 0.3) is 11.5 Å². The van der Waals surface area contributed by atoms with Crippen LogP contribution in [0.4, 0.5) is 5.69 Å². The lowest BCUT2D eigenvalue weighted by Crippen LogP contribution is -2.36. The summed E-state index contributed by atoms with van der Waals surface area (Å²) in [5.74, 6) is -0.105. The highest BCUT2D eigenvalue weighted by Gasteiger charge is 2.39. The molecule has 4 rings (SSSR count). The van der Waals surface area contributed by atoms with E-state index in [-0.39, 0.29) is 28.0 Å². The molecule has 148 valence electrons. The van der Waals surface area contributed by atoms with Crippen LogP contribution in [0.1, 0.15) is 11.3 Å². The number of rotatable bonds is 4. The summed E-state index contributed by atoms with van der Waals surface area (Å²) in [6, 6.07) is 15.3. The highest BCUT2D eigenvalue weighted by Crippen LogP contribution is 2.24. The Labute approximate surface area is 172 Å². The maximum atomic E-state index is 13.2. The molecule has 8 heteroatoms. The minimum Gasteiger partial charge on any atom is -0.508 e. The zero-order chi connectivity index (χ0) is 20.7. The number of benzene rings is 2. The van der Waals surface area contributed by atoms with Gasteiger partial charge in [-0.15, -0.1) is 0 Å². The summed E-state index contributed by atoms with van der Waals surface area (Å²) in [6.07, 6.45) is 0.397. The van der Waals surface area contributed by atoms with Crippen molar-refractivity contribution in [2.75, 3.05) is 4.90 Å². The summed E-state index contributed by atoms with van der Waals surface area (Å²) in [5.41, 5.74) is 2.18. The van der Waals surface area contributed by atoms with E-state index in [1.54, 1.807) is 42.9 Å². The van der Waals surface area contributed by atoms with Crippen molar-refractivity contribution in [3.05, 3.63) is 76.2 Å². The van der Waals surface area contributed by atoms with E-state index in [9.17, 15) is 14.7 Å². The fraction of sp³-hybridized carbons (Fsp3) is 0.190. The van der Waals surface area contributed by atoms with E-state index in [4.69, 9.17) is 12.2 Å². The molecule has 2 heterocycles. The fourth-order valence-corrected chi connectivity index (χ4v) is 3.88. The van der Waals surface area contributed by atoms with Crippen LogP contribution in [0, 0.1) is 6.92 Å². The largest absolute Gasteiger partial charge is 0.508 e. The molecule has 1 amide bonds. The number of anilines is 1. The molecule has 29 heavy (non-hydrogen) atoms. The fourth-order valence-electron chi connectivity index (χ4n) is 3.56. The Hall–Kier alpha value is -3.39. The summed E-state index contributed by atoms with van der Waals surface area (Å²) < 4.78 is 3.24. The lowest BCUT2D eigenvalue weighted by Gasteiger charge is -2.13. The van der Waals surface area contributed by atoms with Crippen molar-refractivity contribution in [3.8, 4) is 11.4 Å². The number of hydrogen-bond donors (Lipinski definition) is 2. The standard InChI is InChI=1S/C21H20N4O3S/c1-13-18(20(28)25(23(13)2)15-6-4-3-5-7-15)24-19(27)17(22-21(24)29)12-14-8-10-16(26)11-9-14/h3-11,17,26H,12H2,1-2H3,(H,22,29)/t17-/m0/s1. The Balaban J connectivity index is 1.70. The number of carbonyl (C=O) groups is 1. The van der Waals surface area contributed by atoms with Crippen LogP contribution in [0.25, 0.3) is 5.69 Å². The van der Waals surface area contributed by atoms with Crippen molar-refractivity contribution in [1.82, 2.24) is 14.7 Å². The molecule has 1 saturated heterocycles. The Morgan fingerprint density at radius 1 is 1.07 bits per heavy atom. The van der Waals surface area contributed by atoms with Gasteiger partial charge in [-0.05, 0) is 49.0 Å². The van der Waals surface area contributed by atoms with E-state index in [1.807, 2.05) is 30.3 Å². The van der Waals surface area contributed by atoms with Crippen molar-refractivity contribution in [3.63, 3.8) is 0 Å². The zero-order valence-corrected chi connectivity index (χ0v) is 16.8. The number of aromatic nitrogens is 2. The van der Waals surface area contributed by atoms with E-state index < -0.39 is 6.04 Å². The summed E-state index contributed by atoms with van der Waals surface area (Å²) in [7, 11) is 1.78. The molecule has 1 aliphatic rings. The monoisotopic (exact) mass is 408 g/mol. The van der Waals surface area contributed by atoms with Gasteiger partial charge in [-0.3, -0.25) is 14.3 Å². The first-order valence-corrected chi connectivity index (χ1v) is 9.55. The Morgan fingerprint density at radius 3 is 2.38 bits per heavy atom. The SMILES string of the molecule is Cc1c(N2C(=O)[C@H](Cc3ccc(O)cc3)NC2=S)c(=O)n(-c2ccccc2)n1C. The van der Waals surface area contributed by atoms with Crippen LogP contribution in [0.3, 0.4) is 0 Å². The number of nitrogens with one attached hydrogen (secondary N) is 1. The summed E-state index contributed by atoms with van der Waals surface area (Å²) in [4.78, 5) is 27.6. The third-order valence-electron chi connectivity index (χ3n) is 5.14. The first-order chi connectivity index (χ1) is 13.9. The second-order valence-corrected chi connectivity index (χ2v) is 7.34. The Bertz CT molecular complexity index is 1150. The minimum absolute atomic E-state index is 0.165. The predicted molar refractivity (Wildman–Crippen MR) is 115 cm³/mol. The smallest absolute Gasteiger partial charge is 0.296 e. The minimum atomic E-state index is -0.573. The molecule has 0 aliphatic carbocycles. The van der Waals surface area contributed by atoms with Gasteiger partial charge >= 0.3 is 0 Å². The van der Waals surface area contributed by atoms with Gasteiger partial charge in [0.05, 0.1) is 11.4 Å². The highest BCUT2D eigenvalue weighted by atomic mass is 32.1. The van der Waals surface area contributed by atoms with Crippen LogP contribution < -0.4 is 15.8 Å². The van der Waals surface area contributed by atoms with Gasteiger partial charge in [-0.2, -0.15) is 0 Å². The number of thiocarbonyl (C=S) groups is 1. The van der Waals surface area contributed by atoms with Crippen LogP contribution >= 0.6 is 12.2 Å². The van der Waals surface area contributed by atoms with E-state index in [2.05, 4.69) is 5.32 Å². The van der Waals surface area contributed by atoms with Crippen molar-refractivity contribution >= 4 is 28.9 Å². The third-order valence-corrected chi connectivity index (χ3v) is 5.44. The molecular weight excluding hydrogens is 388 g/mol. The lowest BCUT2D eigenvalue weighted by atomic mass is 10.1. The van der Waals surface area contributed by atoms with Crippen LogP contribution in [0.5, 0.6) is 5.75 Å². The predicted octanol–water partition coefficient (Wildman–Crippen LogP) is 2.02. The second kappa shape index (κ2) is 7.21. The highest BCUT2D eigenvalue weighted by molar-refractivity contribution is 7.80. The molecule has 3 aromatic rings. The van der Waals surface area contributed by atoms with Crippen LogP contribution in [0.2, 0.25) is 0 Å². The molecule has 0 spiro atoms. The molecule has 2 N–H and O–H groups in total. The number of carbonyl (C=O) groups excluding carboxylic acids is 1. The maximum Gasteiger partial charge on any atom is 0.296 e. The molecule has 1 aliphatic heterocycles. The van der Waals surface area contributed by atoms with E-state index in [1.165, 1.54) is 9.58 Å². The van der Waals surface area contributed by atoms with E-state index >= 15 is 0 Å². The number of para-hydroxylation sites is 1. The Kier molecular flexibility index (Phi) is 4.71. The number of amides is 1. The lowest BCUT2D eigenvalue weighted by molar-refractivity contribution is -0.118. The Morgan fingerprint density at radius 2 is 1.72 bits per heavy atom. The topological polar surface area (TPSA) is 79.5 Å². The van der Waals surface area contributed by atoms with Crippen molar-refractivity contribution in [2.24, 2.45) is 7.05 Å². The first kappa shape index (κ1) is 18.9. The number of phenols is 1. The van der Waals surface area contributed by atoms with Crippen LogP contribution in [-0.4, -0.2) is 31.5 Å². The maximum absolute atomic E-state index is 13.2. The molecule has 1 atom stereocenters. The molecule has 0 radical (unpaired) electrons. The normalized spacial score (nSPS) is 16.3. The molecule has 0 saturated carbocycles. The molecule has 1 aromatic heterocycles. The number of phenolic OH excluding ortho intramolecular Hbond substituents is 1. The molecular formula is C21H20N4O3S. The van der Waals surface area contributed by atoms with Crippen LogP contribution in [0.15, 0.2) is 59.4 Å². The number of aromatic hydroxyl groups is 1. The zero-order valence-electron chi connectivity index (χ0n) is 16.0. The van der Waals surface area contributed by atoms with Crippen molar-refractivity contribution in [2.45, 2.75) is 19.4 Å². The van der Waals surface area contributed by atoms with Gasteiger partial charge in [-0.25, -0.2) is 9.58 Å². The van der Waals surface area contributed by atoms with Gasteiger partial charge in [0.15, 0.2) is 5.11 Å². The first-order valence-electron chi connectivity index (χ1n) is 9.15. The third kappa shape index (κ3) is 3.21. The van der Waals surface area contributed by atoms with Gasteiger partial charge in [0, 0.05) is 13.5 Å². The molecule has 0 unspecified atom stereocenters. The number of nitrogens with zero attached hydrogens (tertiary/aromatic N) is 3. The molecule has 1 fully saturated rings. The van der Waals surface area contributed by atoms with E-state index in [0.29, 0.717) is 17.8 Å². The van der Waals surface area contributed by atoms with Gasteiger partial charge in [0.2, 0.25) is 0 Å². The van der Waals surface area contributed by atoms with Gasteiger partial charge in [-0.1, -0.05) is 30.3 Å². The number of hydrogen-bond acceptors (Lipinski definition) is 4. The quantitative estimate of drug-likeness (QED) is 0.646. The average molecular weight is 408 g/mol. The average Bonchev–Trinajstić information content (AvgIpc) is 3.10.